The molecule has 0 radical (unpaired) electrons. The molecule has 2 heterocycles. The molecule has 5 nitrogen and oxygen atoms in total. The molecule has 25 heavy (non-hydrogen) atoms. The zero-order valence-corrected chi connectivity index (χ0v) is 14.1. The third-order valence-corrected chi connectivity index (χ3v) is 4.03. The van der Waals surface area contributed by atoms with E-state index in [0.29, 0.717) is 0 Å². The lowest BCUT2D eigenvalue weighted by Gasteiger charge is -2.27. The number of hydrogen-bond acceptors (Lipinski definition) is 4. The first-order valence-electron chi connectivity index (χ1n) is 7.60. The molecule has 1 aliphatic heterocycles. The topological polar surface area (TPSA) is 62.3 Å². The van der Waals surface area contributed by atoms with Gasteiger partial charge >= 0.3 is 0 Å². The van der Waals surface area contributed by atoms with Crippen molar-refractivity contribution in [3.63, 3.8) is 0 Å². The van der Waals surface area contributed by atoms with Crippen LogP contribution in [0.25, 0.3) is 17.2 Å². The lowest BCUT2D eigenvalue weighted by Crippen LogP contribution is -2.53. The molecule has 2 aromatic rings. The minimum absolute atomic E-state index is 0.0438. The predicted octanol–water partition coefficient (Wildman–Crippen LogP) is 2.56. The highest BCUT2D eigenvalue weighted by atomic mass is 32.1. The van der Waals surface area contributed by atoms with Crippen LogP contribution in [-0.2, 0) is 9.59 Å². The van der Waals surface area contributed by atoms with Gasteiger partial charge in [-0.05, 0) is 53.2 Å². The molecule has 0 atom stereocenters. The Morgan fingerprint density at radius 3 is 2.64 bits per heavy atom. The third kappa shape index (κ3) is 3.54. The Kier molecular flexibility index (Phi) is 4.81. The minimum Gasteiger partial charge on any atom is -0.298 e. The van der Waals surface area contributed by atoms with Crippen LogP contribution in [0.3, 0.4) is 0 Å². The van der Waals surface area contributed by atoms with Crippen LogP contribution in [-0.4, -0.2) is 33.4 Å². The SMILES string of the molecule is C=CCN1C(=O)C(=Cc2cccc(-c3ccncc3)c2)C(=O)NC1=S. The summed E-state index contributed by atoms with van der Waals surface area (Å²) in [6.45, 7) is 3.85. The molecule has 0 bridgehead atoms. The standard InChI is InChI=1S/C19H15N3O2S/c1-2-10-22-18(24)16(17(23)21-19(22)25)12-13-4-3-5-15(11-13)14-6-8-20-9-7-14/h2-9,11-12H,1,10H2,(H,21,23,25). The van der Waals surface area contributed by atoms with Gasteiger partial charge in [0.25, 0.3) is 11.8 Å². The van der Waals surface area contributed by atoms with Crippen molar-refractivity contribution in [2.24, 2.45) is 0 Å². The molecule has 6 heteroatoms. The average Bonchev–Trinajstić information content (AvgIpc) is 2.63. The van der Waals surface area contributed by atoms with Crippen LogP contribution >= 0.6 is 12.2 Å². The van der Waals surface area contributed by atoms with Gasteiger partial charge in [0, 0.05) is 18.9 Å². The fourth-order valence-corrected chi connectivity index (χ4v) is 2.76. The highest BCUT2D eigenvalue weighted by molar-refractivity contribution is 7.80. The van der Waals surface area contributed by atoms with Crippen LogP contribution < -0.4 is 5.32 Å². The van der Waals surface area contributed by atoms with Gasteiger partial charge in [-0.1, -0.05) is 24.3 Å². The van der Waals surface area contributed by atoms with Gasteiger partial charge < -0.3 is 0 Å². The third-order valence-electron chi connectivity index (χ3n) is 3.71. The van der Waals surface area contributed by atoms with E-state index in [2.05, 4.69) is 16.9 Å². The Morgan fingerprint density at radius 1 is 1.16 bits per heavy atom. The van der Waals surface area contributed by atoms with Gasteiger partial charge in [-0.15, -0.1) is 6.58 Å². The highest BCUT2D eigenvalue weighted by Gasteiger charge is 2.32. The number of nitrogens with one attached hydrogen (secondary N) is 1. The Labute approximate surface area is 150 Å². The monoisotopic (exact) mass is 349 g/mol. The Balaban J connectivity index is 1.96. The summed E-state index contributed by atoms with van der Waals surface area (Å²) in [5.74, 6) is -0.924. The number of nitrogens with zero attached hydrogens (tertiary/aromatic N) is 2. The van der Waals surface area contributed by atoms with E-state index < -0.39 is 11.8 Å². The second-order valence-electron chi connectivity index (χ2n) is 5.38. The first-order chi connectivity index (χ1) is 12.1. The molecule has 1 aliphatic rings. The molecule has 1 saturated heterocycles. The molecule has 1 aromatic carbocycles. The summed E-state index contributed by atoms with van der Waals surface area (Å²) in [5.41, 5.74) is 2.77. The van der Waals surface area contributed by atoms with E-state index in [1.807, 2.05) is 36.4 Å². The van der Waals surface area contributed by atoms with E-state index in [0.717, 1.165) is 16.7 Å². The maximum Gasteiger partial charge on any atom is 0.265 e. The molecule has 3 rings (SSSR count). The van der Waals surface area contributed by atoms with E-state index >= 15 is 0 Å². The van der Waals surface area contributed by atoms with Crippen molar-refractivity contribution in [3.8, 4) is 11.1 Å². The largest absolute Gasteiger partial charge is 0.298 e. The van der Waals surface area contributed by atoms with Crippen LogP contribution in [0.1, 0.15) is 5.56 Å². The normalized spacial score (nSPS) is 16.1. The van der Waals surface area contributed by atoms with Crippen molar-refractivity contribution >= 4 is 35.2 Å². The predicted molar refractivity (Wildman–Crippen MR) is 100 cm³/mol. The van der Waals surface area contributed by atoms with Crippen LogP contribution in [0.4, 0.5) is 0 Å². The van der Waals surface area contributed by atoms with Crippen LogP contribution in [0.2, 0.25) is 0 Å². The number of carbonyl (C=O) groups is 2. The van der Waals surface area contributed by atoms with Crippen molar-refractivity contribution in [1.82, 2.24) is 15.2 Å². The second kappa shape index (κ2) is 7.19. The first-order valence-corrected chi connectivity index (χ1v) is 8.01. The molecule has 1 aromatic heterocycles. The zero-order valence-electron chi connectivity index (χ0n) is 13.3. The van der Waals surface area contributed by atoms with Gasteiger partial charge in [-0.25, -0.2) is 0 Å². The van der Waals surface area contributed by atoms with Crippen molar-refractivity contribution in [1.29, 1.82) is 0 Å². The lowest BCUT2D eigenvalue weighted by atomic mass is 10.0. The fourth-order valence-electron chi connectivity index (χ4n) is 2.51. The first kappa shape index (κ1) is 16.7. The van der Waals surface area contributed by atoms with E-state index in [-0.39, 0.29) is 17.2 Å². The van der Waals surface area contributed by atoms with E-state index in [1.165, 1.54) is 4.90 Å². The van der Waals surface area contributed by atoms with Crippen LogP contribution in [0.15, 0.2) is 67.0 Å². The second-order valence-corrected chi connectivity index (χ2v) is 5.77. The number of carbonyl (C=O) groups excluding carboxylic acids is 2. The molecule has 2 amide bonds. The van der Waals surface area contributed by atoms with Gasteiger partial charge in [0.1, 0.15) is 5.57 Å². The number of rotatable bonds is 4. The van der Waals surface area contributed by atoms with Gasteiger partial charge in [-0.2, -0.15) is 0 Å². The van der Waals surface area contributed by atoms with Gasteiger partial charge in [-0.3, -0.25) is 24.8 Å². The Hall–Kier alpha value is -3.12. The molecule has 0 unspecified atom stereocenters. The Morgan fingerprint density at radius 2 is 1.92 bits per heavy atom. The quantitative estimate of drug-likeness (QED) is 0.399. The van der Waals surface area contributed by atoms with Crippen molar-refractivity contribution in [2.45, 2.75) is 0 Å². The fraction of sp³-hybridized carbons (Fsp3) is 0.0526. The van der Waals surface area contributed by atoms with Gasteiger partial charge in [0.2, 0.25) is 0 Å². The summed E-state index contributed by atoms with van der Waals surface area (Å²) in [6.07, 6.45) is 6.56. The van der Waals surface area contributed by atoms with E-state index in [1.54, 1.807) is 24.5 Å². The van der Waals surface area contributed by atoms with Gasteiger partial charge in [0.15, 0.2) is 5.11 Å². The number of thiocarbonyl (C=S) groups is 1. The summed E-state index contributed by atoms with van der Waals surface area (Å²) in [5, 5.41) is 2.63. The molecule has 0 saturated carbocycles. The van der Waals surface area contributed by atoms with Crippen LogP contribution in [0, 0.1) is 0 Å². The molecule has 1 fully saturated rings. The number of benzene rings is 1. The maximum atomic E-state index is 12.5. The number of aromatic nitrogens is 1. The van der Waals surface area contributed by atoms with Crippen molar-refractivity contribution in [2.75, 3.05) is 6.54 Å². The maximum absolute atomic E-state index is 12.5. The average molecular weight is 349 g/mol. The molecule has 0 aliphatic carbocycles. The summed E-state index contributed by atoms with van der Waals surface area (Å²) in [7, 11) is 0. The number of hydrogen-bond donors (Lipinski definition) is 1. The van der Waals surface area contributed by atoms with Crippen molar-refractivity contribution in [3.05, 3.63) is 72.6 Å². The number of amides is 2. The summed E-state index contributed by atoms with van der Waals surface area (Å²) >= 11 is 5.04. The minimum atomic E-state index is -0.496. The van der Waals surface area contributed by atoms with Crippen molar-refractivity contribution < 1.29 is 9.59 Å². The molecular formula is C19H15N3O2S. The van der Waals surface area contributed by atoms with E-state index in [9.17, 15) is 9.59 Å². The summed E-state index contributed by atoms with van der Waals surface area (Å²) < 4.78 is 0. The summed E-state index contributed by atoms with van der Waals surface area (Å²) in [6, 6.07) is 11.4. The zero-order chi connectivity index (χ0) is 17.8. The van der Waals surface area contributed by atoms with Crippen LogP contribution in [0.5, 0.6) is 0 Å². The molecule has 0 spiro atoms. The number of pyridine rings is 1. The molecule has 1 N–H and O–H groups in total. The summed E-state index contributed by atoms with van der Waals surface area (Å²) in [4.78, 5) is 30.0. The Bertz CT molecular complexity index is 891. The lowest BCUT2D eigenvalue weighted by molar-refractivity contribution is -0.128. The molecular weight excluding hydrogens is 334 g/mol. The van der Waals surface area contributed by atoms with E-state index in [4.69, 9.17) is 12.2 Å². The highest BCUT2D eigenvalue weighted by Crippen LogP contribution is 2.22. The van der Waals surface area contributed by atoms with Gasteiger partial charge in [0.05, 0.1) is 0 Å². The molecule has 124 valence electrons. The smallest absolute Gasteiger partial charge is 0.265 e.